The first-order valence-corrected chi connectivity index (χ1v) is 11.8. The quantitative estimate of drug-likeness (QED) is 0.550. The van der Waals surface area contributed by atoms with Gasteiger partial charge in [-0.2, -0.15) is 0 Å². The number of amides is 2. The molecule has 0 heterocycles. The van der Waals surface area contributed by atoms with E-state index in [0.717, 1.165) is 17.4 Å². The summed E-state index contributed by atoms with van der Waals surface area (Å²) >= 11 is 0. The van der Waals surface area contributed by atoms with E-state index in [1.807, 2.05) is 26.0 Å². The monoisotopic (exact) mass is 443 g/mol. The van der Waals surface area contributed by atoms with Gasteiger partial charge in [0.25, 0.3) is 5.91 Å². The summed E-state index contributed by atoms with van der Waals surface area (Å²) in [6.45, 7) is 7.87. The lowest BCUT2D eigenvalue weighted by Crippen LogP contribution is -2.32. The molecule has 0 bridgehead atoms. The van der Waals surface area contributed by atoms with E-state index >= 15 is 0 Å². The highest BCUT2D eigenvalue weighted by Crippen LogP contribution is 2.25. The maximum Gasteiger partial charge on any atom is 0.253 e. The first-order valence-electron chi connectivity index (χ1n) is 9.97. The van der Waals surface area contributed by atoms with Crippen molar-refractivity contribution in [3.05, 3.63) is 71.8 Å². The van der Waals surface area contributed by atoms with E-state index in [4.69, 9.17) is 0 Å². The number of carbonyl (C=O) groups is 2. The summed E-state index contributed by atoms with van der Waals surface area (Å²) in [6, 6.07) is 12.2. The van der Waals surface area contributed by atoms with Crippen LogP contribution >= 0.6 is 0 Å². The van der Waals surface area contributed by atoms with Crippen molar-refractivity contribution in [2.45, 2.75) is 26.7 Å². The van der Waals surface area contributed by atoms with E-state index in [1.54, 1.807) is 36.4 Å². The lowest BCUT2D eigenvalue weighted by Gasteiger charge is -2.25. The third kappa shape index (κ3) is 6.68. The number of sulfonamides is 1. The Labute approximate surface area is 184 Å². The lowest BCUT2D eigenvalue weighted by molar-refractivity contribution is -0.116. The second-order valence-corrected chi connectivity index (χ2v) is 9.16. The molecule has 31 heavy (non-hydrogen) atoms. The minimum absolute atomic E-state index is 0.111. The maximum absolute atomic E-state index is 12.5. The number of nitrogens with zero attached hydrogens (tertiary/aromatic N) is 1. The zero-order chi connectivity index (χ0) is 23.0. The van der Waals surface area contributed by atoms with E-state index in [0.29, 0.717) is 29.9 Å². The Bertz CT molecular complexity index is 1060. The summed E-state index contributed by atoms with van der Waals surface area (Å²) in [5, 5.41) is 5.43. The van der Waals surface area contributed by atoms with Crippen LogP contribution < -0.4 is 14.9 Å². The van der Waals surface area contributed by atoms with Crippen molar-refractivity contribution in [2.24, 2.45) is 0 Å². The van der Waals surface area contributed by atoms with E-state index in [9.17, 15) is 18.0 Å². The number of hydrogen-bond donors (Lipinski definition) is 2. The fourth-order valence-corrected chi connectivity index (χ4v) is 4.13. The molecule has 8 heteroatoms. The van der Waals surface area contributed by atoms with Crippen LogP contribution in [0.3, 0.4) is 0 Å². The van der Waals surface area contributed by atoms with Crippen LogP contribution in [0, 0.1) is 13.8 Å². The fourth-order valence-electron chi connectivity index (χ4n) is 3.12. The summed E-state index contributed by atoms with van der Waals surface area (Å²) in [7, 11) is -3.50. The Morgan fingerprint density at radius 3 is 2.48 bits per heavy atom. The average molecular weight is 444 g/mol. The van der Waals surface area contributed by atoms with Gasteiger partial charge in [0.05, 0.1) is 23.2 Å². The largest absolute Gasteiger partial charge is 0.349 e. The number of nitrogens with one attached hydrogen (secondary N) is 2. The van der Waals surface area contributed by atoms with Crippen molar-refractivity contribution in [3.63, 3.8) is 0 Å². The molecule has 0 fully saturated rings. The molecule has 0 aliphatic rings. The average Bonchev–Trinajstić information content (AvgIpc) is 2.71. The molecule has 0 atom stereocenters. The normalized spacial score (nSPS) is 10.9. The number of carbonyl (C=O) groups excluding carboxylic acids is 2. The van der Waals surface area contributed by atoms with Crippen LogP contribution in [0.25, 0.3) is 0 Å². The van der Waals surface area contributed by atoms with Gasteiger partial charge in [0.2, 0.25) is 15.9 Å². The molecule has 0 aromatic heterocycles. The molecule has 0 aliphatic carbocycles. The van der Waals surface area contributed by atoms with Crippen molar-refractivity contribution in [1.82, 2.24) is 5.32 Å². The van der Waals surface area contributed by atoms with E-state index in [-0.39, 0.29) is 24.8 Å². The molecular weight excluding hydrogens is 414 g/mol. The SMILES string of the molecule is C=CCNC(=O)c1ccccc1NC(=O)CCCN(c1cccc(C)c1C)S(C)(=O)=O. The summed E-state index contributed by atoms with van der Waals surface area (Å²) < 4.78 is 26.0. The number of rotatable bonds is 10. The van der Waals surface area contributed by atoms with Gasteiger partial charge < -0.3 is 10.6 Å². The Morgan fingerprint density at radius 2 is 1.81 bits per heavy atom. The van der Waals surface area contributed by atoms with Crippen LogP contribution in [0.5, 0.6) is 0 Å². The molecule has 0 radical (unpaired) electrons. The molecule has 2 rings (SSSR count). The highest BCUT2D eigenvalue weighted by molar-refractivity contribution is 7.92. The molecule has 0 spiro atoms. The predicted octanol–water partition coefficient (Wildman–Crippen LogP) is 3.40. The van der Waals surface area contributed by atoms with Crippen LogP contribution in [0.4, 0.5) is 11.4 Å². The Morgan fingerprint density at radius 1 is 1.10 bits per heavy atom. The second kappa shape index (κ2) is 10.8. The van der Waals surface area contributed by atoms with Crippen molar-refractivity contribution in [2.75, 3.05) is 29.0 Å². The standard InChI is InChI=1S/C23H29N3O4S/c1-5-15-24-23(28)19-11-6-7-12-20(19)25-22(27)14-9-16-26(31(4,29)30)21-13-8-10-17(2)18(21)3/h5-8,10-13H,1,9,14-16H2,2-4H3,(H,24,28)(H,25,27). The number of benzene rings is 2. The van der Waals surface area contributed by atoms with Crippen LogP contribution in [0.1, 0.15) is 34.3 Å². The minimum atomic E-state index is -3.50. The first kappa shape index (κ1) is 24.1. The van der Waals surface area contributed by atoms with Crippen LogP contribution in [0.15, 0.2) is 55.1 Å². The zero-order valence-electron chi connectivity index (χ0n) is 18.1. The molecule has 166 valence electrons. The number of anilines is 2. The maximum atomic E-state index is 12.5. The summed E-state index contributed by atoms with van der Waals surface area (Å²) in [4.78, 5) is 24.7. The fraction of sp³-hybridized carbons (Fsp3) is 0.304. The number of hydrogen-bond acceptors (Lipinski definition) is 4. The Kier molecular flexibility index (Phi) is 8.38. The van der Waals surface area contributed by atoms with Crippen molar-refractivity contribution in [1.29, 1.82) is 0 Å². The molecule has 2 aromatic rings. The van der Waals surface area contributed by atoms with Gasteiger partial charge in [-0.05, 0) is 49.6 Å². The van der Waals surface area contributed by atoms with Crippen molar-refractivity contribution < 1.29 is 18.0 Å². The summed E-state index contributed by atoms with van der Waals surface area (Å²) in [5.74, 6) is -0.604. The van der Waals surface area contributed by atoms with Gasteiger partial charge in [-0.15, -0.1) is 6.58 Å². The minimum Gasteiger partial charge on any atom is -0.349 e. The van der Waals surface area contributed by atoms with Gasteiger partial charge in [0.15, 0.2) is 0 Å². The molecule has 2 N–H and O–H groups in total. The van der Waals surface area contributed by atoms with E-state index < -0.39 is 10.0 Å². The number of para-hydroxylation sites is 1. The van der Waals surface area contributed by atoms with Gasteiger partial charge in [-0.3, -0.25) is 13.9 Å². The van der Waals surface area contributed by atoms with Crippen molar-refractivity contribution in [3.8, 4) is 0 Å². The third-order valence-electron chi connectivity index (χ3n) is 4.86. The smallest absolute Gasteiger partial charge is 0.253 e. The molecule has 0 saturated heterocycles. The second-order valence-electron chi connectivity index (χ2n) is 7.25. The van der Waals surface area contributed by atoms with E-state index in [2.05, 4.69) is 17.2 Å². The molecule has 0 unspecified atom stereocenters. The molecule has 2 aromatic carbocycles. The van der Waals surface area contributed by atoms with Gasteiger partial charge in [-0.25, -0.2) is 8.42 Å². The van der Waals surface area contributed by atoms with Gasteiger partial charge in [0.1, 0.15) is 0 Å². The summed E-state index contributed by atoms with van der Waals surface area (Å²) in [6.07, 6.45) is 3.17. The van der Waals surface area contributed by atoms with E-state index in [1.165, 1.54) is 4.31 Å². The predicted molar refractivity (Wildman–Crippen MR) is 125 cm³/mol. The molecule has 0 saturated carbocycles. The Balaban J connectivity index is 2.05. The number of aryl methyl sites for hydroxylation is 1. The van der Waals surface area contributed by atoms with Crippen LogP contribution in [-0.4, -0.2) is 39.6 Å². The molecule has 7 nitrogen and oxygen atoms in total. The summed E-state index contributed by atoms with van der Waals surface area (Å²) in [5.41, 5.74) is 3.26. The molecular formula is C23H29N3O4S. The highest BCUT2D eigenvalue weighted by Gasteiger charge is 2.20. The zero-order valence-corrected chi connectivity index (χ0v) is 19.0. The topological polar surface area (TPSA) is 95.6 Å². The van der Waals surface area contributed by atoms with Gasteiger partial charge in [-0.1, -0.05) is 30.3 Å². The van der Waals surface area contributed by atoms with Gasteiger partial charge >= 0.3 is 0 Å². The van der Waals surface area contributed by atoms with Crippen LogP contribution in [0.2, 0.25) is 0 Å². The lowest BCUT2D eigenvalue weighted by atomic mass is 10.1. The first-order chi connectivity index (χ1) is 14.6. The van der Waals surface area contributed by atoms with Crippen molar-refractivity contribution >= 4 is 33.2 Å². The Hall–Kier alpha value is -3.13. The molecule has 2 amide bonds. The third-order valence-corrected chi connectivity index (χ3v) is 6.04. The van der Waals surface area contributed by atoms with Crippen LogP contribution in [-0.2, 0) is 14.8 Å². The highest BCUT2D eigenvalue weighted by atomic mass is 32.2. The van der Waals surface area contributed by atoms with Gasteiger partial charge in [0, 0.05) is 19.5 Å². The molecule has 0 aliphatic heterocycles.